The Bertz CT molecular complexity index is 600. The second-order valence-electron chi connectivity index (χ2n) is 4.48. The molecule has 0 bridgehead atoms. The first-order chi connectivity index (χ1) is 9.29. The van der Waals surface area contributed by atoms with Crippen LogP contribution in [0.15, 0.2) is 52.3 Å². The second kappa shape index (κ2) is 5.45. The Morgan fingerprint density at radius 3 is 2.68 bits per heavy atom. The van der Waals surface area contributed by atoms with E-state index in [-0.39, 0.29) is 0 Å². The van der Waals surface area contributed by atoms with Gasteiger partial charge in [0.2, 0.25) is 0 Å². The summed E-state index contributed by atoms with van der Waals surface area (Å²) in [6.07, 6.45) is 0.973. The van der Waals surface area contributed by atoms with Gasteiger partial charge < -0.3 is 10.6 Å². The fraction of sp³-hybridized carbons (Fsp3) is 0.200. The van der Waals surface area contributed by atoms with Crippen molar-refractivity contribution in [2.24, 2.45) is 5.73 Å². The highest BCUT2D eigenvalue weighted by molar-refractivity contribution is 7.99. The van der Waals surface area contributed by atoms with Crippen LogP contribution in [0.4, 0.5) is 11.4 Å². The van der Waals surface area contributed by atoms with Gasteiger partial charge in [0.05, 0.1) is 11.4 Å². The topological polar surface area (TPSA) is 29.3 Å². The number of hydrogen-bond donors (Lipinski definition) is 1. The molecule has 0 saturated heterocycles. The van der Waals surface area contributed by atoms with Gasteiger partial charge in [0.25, 0.3) is 0 Å². The number of rotatable bonds is 3. The standard InChI is InChI=1S/C15H15ClN2S/c16-11-6-7-13-15(10-11)19-14-5-2-1-4-12(14)18(13)9-3-8-17/h1-2,4-7,10H,3,8-9,17H2. The molecule has 2 N–H and O–H groups in total. The summed E-state index contributed by atoms with van der Waals surface area (Å²) in [5.41, 5.74) is 8.14. The number of nitrogens with zero attached hydrogens (tertiary/aromatic N) is 1. The Balaban J connectivity index is 2.07. The third-order valence-electron chi connectivity index (χ3n) is 3.17. The third kappa shape index (κ3) is 2.46. The highest BCUT2D eigenvalue weighted by atomic mass is 35.5. The maximum absolute atomic E-state index is 6.10. The molecule has 2 aromatic carbocycles. The SMILES string of the molecule is NCCCN1c2ccccc2Sc2cc(Cl)ccc21. The molecular formula is C15H15ClN2S. The van der Waals surface area contributed by atoms with Gasteiger partial charge in [-0.2, -0.15) is 0 Å². The van der Waals surface area contributed by atoms with Crippen molar-refractivity contribution in [2.45, 2.75) is 16.2 Å². The number of anilines is 2. The van der Waals surface area contributed by atoms with Crippen molar-refractivity contribution in [3.63, 3.8) is 0 Å². The Morgan fingerprint density at radius 1 is 1.05 bits per heavy atom. The molecule has 98 valence electrons. The summed E-state index contributed by atoms with van der Waals surface area (Å²) in [5.74, 6) is 0. The molecule has 0 unspecified atom stereocenters. The summed E-state index contributed by atoms with van der Waals surface area (Å²) in [5, 5.41) is 0.782. The van der Waals surface area contributed by atoms with Crippen LogP contribution in [0.1, 0.15) is 6.42 Å². The Kier molecular flexibility index (Phi) is 3.69. The minimum absolute atomic E-state index is 0.703. The van der Waals surface area contributed by atoms with E-state index in [0.717, 1.165) is 18.0 Å². The van der Waals surface area contributed by atoms with E-state index in [2.05, 4.69) is 35.2 Å². The molecule has 0 aromatic heterocycles. The van der Waals surface area contributed by atoms with Crippen LogP contribution in [0.2, 0.25) is 5.02 Å². The number of hydrogen-bond acceptors (Lipinski definition) is 3. The lowest BCUT2D eigenvalue weighted by Crippen LogP contribution is -2.23. The monoisotopic (exact) mass is 290 g/mol. The second-order valence-corrected chi connectivity index (χ2v) is 6.00. The van der Waals surface area contributed by atoms with Gasteiger partial charge in [0.1, 0.15) is 0 Å². The predicted octanol–water partition coefficient (Wildman–Crippen LogP) is 4.29. The lowest BCUT2D eigenvalue weighted by Gasteiger charge is -2.32. The Labute approximate surface area is 122 Å². The van der Waals surface area contributed by atoms with Gasteiger partial charge >= 0.3 is 0 Å². The van der Waals surface area contributed by atoms with Gasteiger partial charge in [-0.3, -0.25) is 0 Å². The molecule has 1 heterocycles. The first-order valence-electron chi connectivity index (χ1n) is 6.33. The molecule has 0 spiro atoms. The van der Waals surface area contributed by atoms with Crippen molar-refractivity contribution in [3.8, 4) is 0 Å². The van der Waals surface area contributed by atoms with E-state index in [4.69, 9.17) is 17.3 Å². The Morgan fingerprint density at radius 2 is 1.84 bits per heavy atom. The zero-order valence-corrected chi connectivity index (χ0v) is 12.0. The molecule has 1 aliphatic heterocycles. The summed E-state index contributed by atoms with van der Waals surface area (Å²) in [6.45, 7) is 1.64. The molecule has 3 rings (SSSR count). The van der Waals surface area contributed by atoms with E-state index >= 15 is 0 Å². The molecule has 0 radical (unpaired) electrons. The van der Waals surface area contributed by atoms with Crippen LogP contribution in [-0.4, -0.2) is 13.1 Å². The molecule has 0 atom stereocenters. The molecule has 0 amide bonds. The summed E-state index contributed by atoms with van der Waals surface area (Å²) < 4.78 is 0. The van der Waals surface area contributed by atoms with Crippen LogP contribution in [0, 0.1) is 0 Å². The van der Waals surface area contributed by atoms with E-state index in [1.807, 2.05) is 12.1 Å². The van der Waals surface area contributed by atoms with E-state index in [1.165, 1.54) is 21.2 Å². The van der Waals surface area contributed by atoms with Gasteiger partial charge in [0.15, 0.2) is 0 Å². The van der Waals surface area contributed by atoms with Crippen LogP contribution < -0.4 is 10.6 Å². The molecule has 4 heteroatoms. The molecule has 2 aromatic rings. The van der Waals surface area contributed by atoms with Crippen LogP contribution in [-0.2, 0) is 0 Å². The molecule has 1 aliphatic rings. The van der Waals surface area contributed by atoms with Gasteiger partial charge in [-0.25, -0.2) is 0 Å². The van der Waals surface area contributed by atoms with Crippen molar-refractivity contribution >= 4 is 34.7 Å². The molecule has 0 aliphatic carbocycles. The average Bonchev–Trinajstić information content (AvgIpc) is 2.43. The lowest BCUT2D eigenvalue weighted by atomic mass is 10.2. The average molecular weight is 291 g/mol. The normalized spacial score (nSPS) is 13.1. The van der Waals surface area contributed by atoms with E-state index in [0.29, 0.717) is 6.54 Å². The number of para-hydroxylation sites is 1. The van der Waals surface area contributed by atoms with E-state index < -0.39 is 0 Å². The highest BCUT2D eigenvalue weighted by Gasteiger charge is 2.22. The molecule has 2 nitrogen and oxygen atoms in total. The van der Waals surface area contributed by atoms with Crippen molar-refractivity contribution in [1.29, 1.82) is 0 Å². The van der Waals surface area contributed by atoms with Crippen molar-refractivity contribution in [2.75, 3.05) is 18.0 Å². The van der Waals surface area contributed by atoms with Crippen LogP contribution in [0.25, 0.3) is 0 Å². The molecule has 0 saturated carbocycles. The van der Waals surface area contributed by atoms with E-state index in [1.54, 1.807) is 11.8 Å². The van der Waals surface area contributed by atoms with Gasteiger partial charge in [0, 0.05) is 21.4 Å². The van der Waals surface area contributed by atoms with Crippen molar-refractivity contribution < 1.29 is 0 Å². The summed E-state index contributed by atoms with van der Waals surface area (Å²) in [7, 11) is 0. The van der Waals surface area contributed by atoms with Gasteiger partial charge in [-0.15, -0.1) is 0 Å². The maximum Gasteiger partial charge on any atom is 0.0553 e. The maximum atomic E-state index is 6.10. The smallest absolute Gasteiger partial charge is 0.0553 e. The molecule has 0 fully saturated rings. The third-order valence-corrected chi connectivity index (χ3v) is 4.52. The number of halogens is 1. The summed E-state index contributed by atoms with van der Waals surface area (Å²) in [4.78, 5) is 4.82. The number of fused-ring (bicyclic) bond motifs is 2. The minimum atomic E-state index is 0.703. The van der Waals surface area contributed by atoms with Crippen molar-refractivity contribution in [1.82, 2.24) is 0 Å². The van der Waals surface area contributed by atoms with Crippen molar-refractivity contribution in [3.05, 3.63) is 47.5 Å². The fourth-order valence-corrected chi connectivity index (χ4v) is 3.67. The zero-order valence-electron chi connectivity index (χ0n) is 10.5. The van der Waals surface area contributed by atoms with Crippen LogP contribution in [0.3, 0.4) is 0 Å². The fourth-order valence-electron chi connectivity index (χ4n) is 2.30. The number of benzene rings is 2. The summed E-state index contributed by atoms with van der Waals surface area (Å²) in [6, 6.07) is 14.5. The van der Waals surface area contributed by atoms with Crippen LogP contribution >= 0.6 is 23.4 Å². The van der Waals surface area contributed by atoms with Gasteiger partial charge in [-0.05, 0) is 43.3 Å². The molecule has 19 heavy (non-hydrogen) atoms. The largest absolute Gasteiger partial charge is 0.340 e. The van der Waals surface area contributed by atoms with E-state index in [9.17, 15) is 0 Å². The minimum Gasteiger partial charge on any atom is -0.340 e. The predicted molar refractivity (Wildman–Crippen MR) is 82.7 cm³/mol. The van der Waals surface area contributed by atoms with Gasteiger partial charge in [-0.1, -0.05) is 35.5 Å². The first kappa shape index (κ1) is 12.9. The number of nitrogens with two attached hydrogens (primary N) is 1. The lowest BCUT2D eigenvalue weighted by molar-refractivity contribution is 0.807. The first-order valence-corrected chi connectivity index (χ1v) is 7.53. The summed E-state index contributed by atoms with van der Waals surface area (Å²) >= 11 is 7.88. The Hall–Kier alpha value is -1.16. The zero-order chi connectivity index (χ0) is 13.2. The quantitative estimate of drug-likeness (QED) is 0.914. The van der Waals surface area contributed by atoms with Crippen LogP contribution in [0.5, 0.6) is 0 Å². The molecular weight excluding hydrogens is 276 g/mol. The highest BCUT2D eigenvalue weighted by Crippen LogP contribution is 2.48.